The van der Waals surface area contributed by atoms with Crippen molar-refractivity contribution in [2.24, 2.45) is 4.99 Å². The van der Waals surface area contributed by atoms with Gasteiger partial charge in [0, 0.05) is 25.2 Å². The smallest absolute Gasteiger partial charge is 0.163 e. The van der Waals surface area contributed by atoms with Crippen LogP contribution >= 0.6 is 0 Å². The van der Waals surface area contributed by atoms with Crippen LogP contribution in [0.2, 0.25) is 0 Å². The summed E-state index contributed by atoms with van der Waals surface area (Å²) in [4.78, 5) is 3.97. The summed E-state index contributed by atoms with van der Waals surface area (Å²) in [6, 6.07) is 7.78. The number of fused-ring (bicyclic) bond motifs is 1. The second kappa shape index (κ2) is 3.65. The van der Waals surface area contributed by atoms with E-state index >= 15 is 0 Å². The second-order valence-corrected chi connectivity index (χ2v) is 3.29. The van der Waals surface area contributed by atoms with Crippen molar-refractivity contribution in [1.82, 2.24) is 4.73 Å². The SMILES string of the molecule is CN=c1cc2cc(NC)ccc2cn1O. The molecule has 0 aliphatic carbocycles. The molecular formula is C11H13N3O. The summed E-state index contributed by atoms with van der Waals surface area (Å²) >= 11 is 0. The zero-order valence-electron chi connectivity index (χ0n) is 8.73. The highest BCUT2D eigenvalue weighted by Gasteiger charge is 1.98. The topological polar surface area (TPSA) is 49.5 Å². The van der Waals surface area contributed by atoms with Gasteiger partial charge in [-0.25, -0.2) is 0 Å². The minimum absolute atomic E-state index is 0.538. The fraction of sp³-hybridized carbons (Fsp3) is 0.182. The van der Waals surface area contributed by atoms with Crippen molar-refractivity contribution >= 4 is 16.5 Å². The Bertz CT molecular complexity index is 557. The van der Waals surface area contributed by atoms with Crippen LogP contribution in [0, 0.1) is 0 Å². The Morgan fingerprint density at radius 1 is 1.27 bits per heavy atom. The van der Waals surface area contributed by atoms with Crippen LogP contribution in [0.3, 0.4) is 0 Å². The number of hydrogen-bond acceptors (Lipinski definition) is 3. The highest BCUT2D eigenvalue weighted by Crippen LogP contribution is 2.16. The number of pyridine rings is 1. The van der Waals surface area contributed by atoms with Crippen LogP contribution in [0.5, 0.6) is 0 Å². The fourth-order valence-corrected chi connectivity index (χ4v) is 1.54. The highest BCUT2D eigenvalue weighted by molar-refractivity contribution is 5.84. The first-order valence-electron chi connectivity index (χ1n) is 4.71. The van der Waals surface area contributed by atoms with Gasteiger partial charge in [0.15, 0.2) is 5.49 Å². The molecule has 4 heteroatoms. The van der Waals surface area contributed by atoms with Crippen LogP contribution in [-0.2, 0) is 0 Å². The quantitative estimate of drug-likeness (QED) is 0.689. The van der Waals surface area contributed by atoms with Gasteiger partial charge in [-0.2, -0.15) is 4.73 Å². The van der Waals surface area contributed by atoms with Gasteiger partial charge in [-0.1, -0.05) is 6.07 Å². The van der Waals surface area contributed by atoms with E-state index in [-0.39, 0.29) is 0 Å². The highest BCUT2D eigenvalue weighted by atomic mass is 16.5. The van der Waals surface area contributed by atoms with Gasteiger partial charge in [-0.15, -0.1) is 0 Å². The summed E-state index contributed by atoms with van der Waals surface area (Å²) in [7, 11) is 3.53. The van der Waals surface area contributed by atoms with Gasteiger partial charge in [-0.05, 0) is 23.6 Å². The Hall–Kier alpha value is -1.97. The van der Waals surface area contributed by atoms with Crippen LogP contribution in [0.1, 0.15) is 0 Å². The molecule has 0 fully saturated rings. The number of nitrogens with one attached hydrogen (secondary N) is 1. The van der Waals surface area contributed by atoms with Gasteiger partial charge in [0.05, 0.1) is 6.20 Å². The van der Waals surface area contributed by atoms with Gasteiger partial charge in [0.2, 0.25) is 0 Å². The molecule has 0 saturated carbocycles. The first-order valence-corrected chi connectivity index (χ1v) is 4.71. The average molecular weight is 203 g/mol. The van der Waals surface area contributed by atoms with Gasteiger partial charge in [-0.3, -0.25) is 4.99 Å². The molecule has 0 atom stereocenters. The van der Waals surface area contributed by atoms with E-state index in [0.29, 0.717) is 5.49 Å². The standard InChI is InChI=1S/C11H13N3O/c1-12-10-4-3-8-7-14(15)11(13-2)6-9(8)5-10/h3-7,12,15H,1-2H3. The van der Waals surface area contributed by atoms with Crippen molar-refractivity contribution in [1.29, 1.82) is 0 Å². The third-order valence-electron chi connectivity index (χ3n) is 2.39. The Balaban J connectivity index is 2.77. The molecule has 0 aliphatic rings. The lowest BCUT2D eigenvalue weighted by Crippen LogP contribution is -2.17. The number of hydrogen-bond donors (Lipinski definition) is 2. The molecule has 1 aromatic heterocycles. The monoisotopic (exact) mass is 203 g/mol. The number of anilines is 1. The van der Waals surface area contributed by atoms with Crippen LogP contribution in [0.25, 0.3) is 10.8 Å². The predicted octanol–water partition coefficient (Wildman–Crippen LogP) is 1.45. The zero-order valence-corrected chi connectivity index (χ0v) is 8.73. The van der Waals surface area contributed by atoms with Crippen molar-refractivity contribution in [2.75, 3.05) is 19.4 Å². The maximum atomic E-state index is 9.54. The van der Waals surface area contributed by atoms with E-state index in [1.807, 2.05) is 31.3 Å². The van der Waals surface area contributed by atoms with Gasteiger partial charge in [0.1, 0.15) is 0 Å². The molecule has 2 N–H and O–H groups in total. The average Bonchev–Trinajstić information content (AvgIpc) is 2.27. The Morgan fingerprint density at radius 2 is 2.07 bits per heavy atom. The minimum Gasteiger partial charge on any atom is -0.427 e. The molecule has 1 heterocycles. The van der Waals surface area contributed by atoms with Crippen molar-refractivity contribution in [3.63, 3.8) is 0 Å². The summed E-state index contributed by atoms with van der Waals surface area (Å²) in [5.74, 6) is 0. The van der Waals surface area contributed by atoms with Crippen LogP contribution in [0.4, 0.5) is 5.69 Å². The Morgan fingerprint density at radius 3 is 2.73 bits per heavy atom. The molecule has 0 unspecified atom stereocenters. The number of aromatic nitrogens is 1. The molecule has 0 radical (unpaired) electrons. The van der Waals surface area contributed by atoms with E-state index in [0.717, 1.165) is 21.2 Å². The zero-order chi connectivity index (χ0) is 10.8. The van der Waals surface area contributed by atoms with Crippen molar-refractivity contribution in [2.45, 2.75) is 0 Å². The maximum Gasteiger partial charge on any atom is 0.163 e. The van der Waals surface area contributed by atoms with Crippen molar-refractivity contribution < 1.29 is 5.21 Å². The fourth-order valence-electron chi connectivity index (χ4n) is 1.54. The second-order valence-electron chi connectivity index (χ2n) is 3.29. The number of benzene rings is 1. The number of rotatable bonds is 1. The van der Waals surface area contributed by atoms with Gasteiger partial charge >= 0.3 is 0 Å². The summed E-state index contributed by atoms with van der Waals surface area (Å²) in [5, 5.41) is 14.6. The molecule has 0 saturated heterocycles. The van der Waals surface area contributed by atoms with E-state index in [1.54, 1.807) is 13.2 Å². The first-order chi connectivity index (χ1) is 7.24. The normalized spacial score (nSPS) is 12.0. The van der Waals surface area contributed by atoms with E-state index in [2.05, 4.69) is 10.3 Å². The molecule has 4 nitrogen and oxygen atoms in total. The molecule has 15 heavy (non-hydrogen) atoms. The minimum atomic E-state index is 0.538. The predicted molar refractivity (Wildman–Crippen MR) is 60.2 cm³/mol. The summed E-state index contributed by atoms with van der Waals surface area (Å²) < 4.78 is 1.03. The van der Waals surface area contributed by atoms with E-state index < -0.39 is 0 Å². The molecule has 0 bridgehead atoms. The molecule has 0 amide bonds. The molecular weight excluding hydrogens is 190 g/mol. The first kappa shape index (κ1) is 9.58. The lowest BCUT2D eigenvalue weighted by molar-refractivity contribution is 0.173. The molecule has 2 rings (SSSR count). The van der Waals surface area contributed by atoms with Gasteiger partial charge < -0.3 is 10.5 Å². The number of nitrogens with zero attached hydrogens (tertiary/aromatic N) is 2. The third-order valence-corrected chi connectivity index (χ3v) is 2.39. The van der Waals surface area contributed by atoms with E-state index in [4.69, 9.17) is 0 Å². The molecule has 2 aromatic rings. The van der Waals surface area contributed by atoms with E-state index in [9.17, 15) is 5.21 Å². The van der Waals surface area contributed by atoms with Crippen molar-refractivity contribution in [3.8, 4) is 0 Å². The Labute approximate surface area is 87.5 Å². The van der Waals surface area contributed by atoms with E-state index in [1.165, 1.54) is 0 Å². The lowest BCUT2D eigenvalue weighted by atomic mass is 10.1. The largest absolute Gasteiger partial charge is 0.427 e. The molecule has 1 aromatic carbocycles. The lowest BCUT2D eigenvalue weighted by Gasteiger charge is -2.04. The molecule has 0 aliphatic heterocycles. The van der Waals surface area contributed by atoms with Crippen molar-refractivity contribution in [3.05, 3.63) is 36.0 Å². The van der Waals surface area contributed by atoms with Crippen LogP contribution in [0.15, 0.2) is 35.5 Å². The summed E-state index contributed by atoms with van der Waals surface area (Å²) in [6.45, 7) is 0. The maximum absolute atomic E-state index is 9.54. The van der Waals surface area contributed by atoms with Crippen LogP contribution < -0.4 is 10.8 Å². The molecule has 78 valence electrons. The molecule has 0 spiro atoms. The summed E-state index contributed by atoms with van der Waals surface area (Å²) in [6.07, 6.45) is 1.65. The summed E-state index contributed by atoms with van der Waals surface area (Å²) in [5.41, 5.74) is 1.58. The van der Waals surface area contributed by atoms with Gasteiger partial charge in [0.25, 0.3) is 0 Å². The van der Waals surface area contributed by atoms with Crippen LogP contribution in [-0.4, -0.2) is 24.0 Å². The Kier molecular flexibility index (Phi) is 2.33. The third kappa shape index (κ3) is 1.66.